The molecular formula is C20H26N4O3. The van der Waals surface area contributed by atoms with Gasteiger partial charge < -0.3 is 14.8 Å². The van der Waals surface area contributed by atoms with Gasteiger partial charge in [-0.1, -0.05) is 32.9 Å². The molecule has 27 heavy (non-hydrogen) atoms. The standard InChI is InChI=1S/C20H26N4O3/c1-20(2,3)19(27)24-12-10-23(11-13-24)17(25)9-8-16-21-15-7-5-4-6-14(15)18(26)22-16/h4-7H,8-13H2,1-3H3,(H,21,22,26). The third-order valence-corrected chi connectivity index (χ3v) is 4.80. The van der Waals surface area contributed by atoms with Gasteiger partial charge in [-0.2, -0.15) is 0 Å². The van der Waals surface area contributed by atoms with Gasteiger partial charge in [0.25, 0.3) is 5.56 Å². The molecule has 1 aliphatic heterocycles. The normalized spacial score (nSPS) is 15.2. The highest BCUT2D eigenvalue weighted by atomic mass is 16.2. The monoisotopic (exact) mass is 370 g/mol. The first kappa shape index (κ1) is 19.1. The Morgan fingerprint density at radius 3 is 2.37 bits per heavy atom. The Balaban J connectivity index is 1.56. The van der Waals surface area contributed by atoms with E-state index in [2.05, 4.69) is 9.97 Å². The van der Waals surface area contributed by atoms with Crippen LogP contribution in [0.3, 0.4) is 0 Å². The summed E-state index contributed by atoms with van der Waals surface area (Å²) in [5.74, 6) is 0.662. The summed E-state index contributed by atoms with van der Waals surface area (Å²) in [5, 5.41) is 0.548. The molecule has 1 N–H and O–H groups in total. The number of carbonyl (C=O) groups is 2. The molecule has 0 unspecified atom stereocenters. The molecular weight excluding hydrogens is 344 g/mol. The Labute approximate surface area is 158 Å². The number of aromatic nitrogens is 2. The number of H-pyrrole nitrogens is 1. The molecule has 1 aromatic carbocycles. The van der Waals surface area contributed by atoms with Crippen LogP contribution in [0.2, 0.25) is 0 Å². The molecule has 0 radical (unpaired) electrons. The molecule has 1 saturated heterocycles. The van der Waals surface area contributed by atoms with Gasteiger partial charge in [-0.3, -0.25) is 14.4 Å². The van der Waals surface area contributed by atoms with E-state index in [0.717, 1.165) is 0 Å². The molecule has 0 spiro atoms. The first-order valence-electron chi connectivity index (χ1n) is 9.31. The lowest BCUT2D eigenvalue weighted by Gasteiger charge is -2.37. The maximum Gasteiger partial charge on any atom is 0.258 e. The summed E-state index contributed by atoms with van der Waals surface area (Å²) < 4.78 is 0. The summed E-state index contributed by atoms with van der Waals surface area (Å²) in [6.45, 7) is 7.93. The quantitative estimate of drug-likeness (QED) is 0.889. The molecule has 3 rings (SSSR count). The Morgan fingerprint density at radius 2 is 1.70 bits per heavy atom. The molecule has 1 aromatic heterocycles. The van der Waals surface area contributed by atoms with Crippen molar-refractivity contribution in [2.75, 3.05) is 26.2 Å². The second kappa shape index (κ2) is 7.50. The molecule has 0 atom stereocenters. The number of carbonyl (C=O) groups excluding carboxylic acids is 2. The van der Waals surface area contributed by atoms with Gasteiger partial charge in [-0.15, -0.1) is 0 Å². The smallest absolute Gasteiger partial charge is 0.258 e. The van der Waals surface area contributed by atoms with Crippen molar-refractivity contribution in [1.82, 2.24) is 19.8 Å². The largest absolute Gasteiger partial charge is 0.339 e. The molecule has 7 heteroatoms. The zero-order valence-corrected chi connectivity index (χ0v) is 16.1. The van der Waals surface area contributed by atoms with E-state index in [1.807, 2.05) is 31.7 Å². The number of nitrogens with zero attached hydrogens (tertiary/aromatic N) is 3. The molecule has 0 aliphatic carbocycles. The fourth-order valence-corrected chi connectivity index (χ4v) is 3.27. The van der Waals surface area contributed by atoms with Crippen molar-refractivity contribution in [1.29, 1.82) is 0 Å². The number of aromatic amines is 1. The summed E-state index contributed by atoms with van der Waals surface area (Å²) in [7, 11) is 0. The lowest BCUT2D eigenvalue weighted by Crippen LogP contribution is -2.53. The van der Waals surface area contributed by atoms with E-state index in [0.29, 0.717) is 49.3 Å². The van der Waals surface area contributed by atoms with Crippen molar-refractivity contribution in [3.8, 4) is 0 Å². The minimum absolute atomic E-state index is 0.0219. The van der Waals surface area contributed by atoms with Crippen molar-refractivity contribution < 1.29 is 9.59 Å². The predicted molar refractivity (Wildman–Crippen MR) is 103 cm³/mol. The molecule has 2 amide bonds. The van der Waals surface area contributed by atoms with E-state index in [1.54, 1.807) is 23.1 Å². The van der Waals surface area contributed by atoms with E-state index in [-0.39, 0.29) is 23.8 Å². The van der Waals surface area contributed by atoms with Crippen LogP contribution in [0.25, 0.3) is 10.9 Å². The van der Waals surface area contributed by atoms with E-state index in [9.17, 15) is 14.4 Å². The van der Waals surface area contributed by atoms with E-state index >= 15 is 0 Å². The van der Waals surface area contributed by atoms with Gasteiger partial charge in [0.15, 0.2) is 0 Å². The number of fused-ring (bicyclic) bond motifs is 1. The highest BCUT2D eigenvalue weighted by Gasteiger charge is 2.30. The number of hydrogen-bond acceptors (Lipinski definition) is 4. The summed E-state index contributed by atoms with van der Waals surface area (Å²) in [6.07, 6.45) is 0.675. The number of aryl methyl sites for hydroxylation is 1. The van der Waals surface area contributed by atoms with Crippen LogP contribution in [0, 0.1) is 5.41 Å². The van der Waals surface area contributed by atoms with Gasteiger partial charge in [0.2, 0.25) is 11.8 Å². The molecule has 2 aromatic rings. The maximum absolute atomic E-state index is 12.5. The summed E-state index contributed by atoms with van der Waals surface area (Å²) in [5.41, 5.74) is 0.0511. The minimum atomic E-state index is -0.403. The van der Waals surface area contributed by atoms with Gasteiger partial charge in [0.1, 0.15) is 5.82 Å². The number of para-hydroxylation sites is 1. The van der Waals surface area contributed by atoms with Gasteiger partial charge >= 0.3 is 0 Å². The predicted octanol–water partition coefficient (Wildman–Crippen LogP) is 1.57. The minimum Gasteiger partial charge on any atom is -0.339 e. The average molecular weight is 370 g/mol. The first-order chi connectivity index (χ1) is 12.8. The SMILES string of the molecule is CC(C)(C)C(=O)N1CCN(C(=O)CCc2nc3ccccc3c(=O)[nH]2)CC1. The number of rotatable bonds is 3. The second-order valence-corrected chi connectivity index (χ2v) is 7.95. The Hall–Kier alpha value is -2.70. The maximum atomic E-state index is 12.5. The summed E-state index contributed by atoms with van der Waals surface area (Å²) in [6, 6.07) is 7.16. The summed E-state index contributed by atoms with van der Waals surface area (Å²) in [4.78, 5) is 47.7. The Bertz CT molecular complexity index is 905. The molecule has 1 aliphatic rings. The van der Waals surface area contributed by atoms with Crippen molar-refractivity contribution >= 4 is 22.7 Å². The molecule has 0 bridgehead atoms. The van der Waals surface area contributed by atoms with Crippen molar-refractivity contribution in [3.05, 3.63) is 40.4 Å². The fraction of sp³-hybridized carbons (Fsp3) is 0.500. The van der Waals surface area contributed by atoms with Gasteiger partial charge in [-0.25, -0.2) is 4.98 Å². The number of amides is 2. The van der Waals surface area contributed by atoms with Crippen LogP contribution < -0.4 is 5.56 Å². The van der Waals surface area contributed by atoms with E-state index in [4.69, 9.17) is 0 Å². The molecule has 2 heterocycles. The van der Waals surface area contributed by atoms with Gasteiger partial charge in [0.05, 0.1) is 10.9 Å². The number of piperazine rings is 1. The topological polar surface area (TPSA) is 86.4 Å². The molecule has 144 valence electrons. The van der Waals surface area contributed by atoms with E-state index < -0.39 is 5.41 Å². The lowest BCUT2D eigenvalue weighted by molar-refractivity contribution is -0.144. The van der Waals surface area contributed by atoms with Crippen molar-refractivity contribution in [2.45, 2.75) is 33.6 Å². The lowest BCUT2D eigenvalue weighted by atomic mass is 9.94. The van der Waals surface area contributed by atoms with Crippen LogP contribution >= 0.6 is 0 Å². The van der Waals surface area contributed by atoms with Crippen LogP contribution in [-0.2, 0) is 16.0 Å². The highest BCUT2D eigenvalue weighted by Crippen LogP contribution is 2.19. The zero-order valence-electron chi connectivity index (χ0n) is 16.1. The number of hydrogen-bond donors (Lipinski definition) is 1. The Kier molecular flexibility index (Phi) is 5.30. The molecule has 1 fully saturated rings. The number of nitrogens with one attached hydrogen (secondary N) is 1. The number of benzene rings is 1. The van der Waals surface area contributed by atoms with Crippen molar-refractivity contribution in [2.24, 2.45) is 5.41 Å². The zero-order chi connectivity index (χ0) is 19.6. The fourth-order valence-electron chi connectivity index (χ4n) is 3.27. The van der Waals surface area contributed by atoms with Crippen molar-refractivity contribution in [3.63, 3.8) is 0 Å². The van der Waals surface area contributed by atoms with Crippen LogP contribution in [0.4, 0.5) is 0 Å². The van der Waals surface area contributed by atoms with Crippen LogP contribution in [-0.4, -0.2) is 57.8 Å². The van der Waals surface area contributed by atoms with E-state index in [1.165, 1.54) is 0 Å². The average Bonchev–Trinajstić information content (AvgIpc) is 2.65. The van der Waals surface area contributed by atoms with Gasteiger partial charge in [-0.05, 0) is 12.1 Å². The first-order valence-corrected chi connectivity index (χ1v) is 9.31. The Morgan fingerprint density at radius 1 is 1.07 bits per heavy atom. The third kappa shape index (κ3) is 4.35. The molecule has 0 saturated carbocycles. The van der Waals surface area contributed by atoms with Gasteiger partial charge in [0, 0.05) is 44.4 Å². The van der Waals surface area contributed by atoms with Crippen LogP contribution in [0.15, 0.2) is 29.1 Å². The summed E-state index contributed by atoms with van der Waals surface area (Å²) >= 11 is 0. The third-order valence-electron chi connectivity index (χ3n) is 4.80. The van der Waals surface area contributed by atoms with Crippen LogP contribution in [0.5, 0.6) is 0 Å². The van der Waals surface area contributed by atoms with Crippen LogP contribution in [0.1, 0.15) is 33.0 Å². The second-order valence-electron chi connectivity index (χ2n) is 7.95. The highest BCUT2D eigenvalue weighted by molar-refractivity contribution is 5.82. The molecule has 7 nitrogen and oxygen atoms in total.